The average Bonchev–Trinajstić information content (AvgIpc) is 3.48. The Hall–Kier alpha value is -2.12. The van der Waals surface area contributed by atoms with E-state index in [0.717, 1.165) is 43.8 Å². The number of piperidine rings is 1. The molecule has 1 aliphatic heterocycles. The number of hydrogen-bond acceptors (Lipinski definition) is 6. The van der Waals surface area contributed by atoms with Crippen molar-refractivity contribution in [1.82, 2.24) is 15.0 Å². The van der Waals surface area contributed by atoms with Gasteiger partial charge in [0.15, 0.2) is 5.82 Å². The number of benzene rings is 1. The summed E-state index contributed by atoms with van der Waals surface area (Å²) < 4.78 is 16.2. The third-order valence-electron chi connectivity index (χ3n) is 6.03. The topological polar surface area (TPSA) is 77.7 Å². The zero-order chi connectivity index (χ0) is 20.4. The fourth-order valence-electron chi connectivity index (χ4n) is 3.98. The molecule has 0 spiro atoms. The van der Waals surface area contributed by atoms with E-state index in [1.807, 2.05) is 4.90 Å². The Balaban J connectivity index is 1.51. The number of hydrogen-bond donors (Lipinski definition) is 0. The van der Waals surface area contributed by atoms with Crippen LogP contribution in [0.5, 0.6) is 5.75 Å². The lowest BCUT2D eigenvalue weighted by atomic mass is 9.75. The SMILES string of the molecule is COCCC1(c2noc(C3CC3)n2)CCN(C(=O)c2ccc(Cl)cc2OC)CC1. The van der Waals surface area contributed by atoms with Crippen molar-refractivity contribution < 1.29 is 18.8 Å². The largest absolute Gasteiger partial charge is 0.496 e. The summed E-state index contributed by atoms with van der Waals surface area (Å²) >= 11 is 6.03. The van der Waals surface area contributed by atoms with Crippen molar-refractivity contribution in [2.75, 3.05) is 33.9 Å². The molecule has 2 heterocycles. The molecular weight excluding hydrogens is 394 g/mol. The zero-order valence-electron chi connectivity index (χ0n) is 16.8. The molecule has 0 bridgehead atoms. The minimum Gasteiger partial charge on any atom is -0.496 e. The summed E-state index contributed by atoms with van der Waals surface area (Å²) in [4.78, 5) is 19.7. The summed E-state index contributed by atoms with van der Waals surface area (Å²) in [6.07, 6.45) is 4.58. The van der Waals surface area contributed by atoms with Gasteiger partial charge in [-0.25, -0.2) is 0 Å². The molecule has 2 aliphatic rings. The van der Waals surface area contributed by atoms with E-state index < -0.39 is 0 Å². The van der Waals surface area contributed by atoms with Crippen molar-refractivity contribution in [3.05, 3.63) is 40.5 Å². The highest BCUT2D eigenvalue weighted by molar-refractivity contribution is 6.30. The first-order valence-corrected chi connectivity index (χ1v) is 10.4. The molecule has 1 aromatic heterocycles. The number of carbonyl (C=O) groups is 1. The molecule has 29 heavy (non-hydrogen) atoms. The fourth-order valence-corrected chi connectivity index (χ4v) is 4.14. The second-order valence-electron chi connectivity index (χ2n) is 7.89. The van der Waals surface area contributed by atoms with Gasteiger partial charge in [-0.1, -0.05) is 16.8 Å². The zero-order valence-corrected chi connectivity index (χ0v) is 17.6. The smallest absolute Gasteiger partial charge is 0.257 e. The van der Waals surface area contributed by atoms with Crippen molar-refractivity contribution in [2.24, 2.45) is 0 Å². The van der Waals surface area contributed by atoms with Crippen LogP contribution in [0.3, 0.4) is 0 Å². The number of ether oxygens (including phenoxy) is 2. The number of methoxy groups -OCH3 is 2. The third kappa shape index (κ3) is 4.12. The molecule has 0 N–H and O–H groups in total. The lowest BCUT2D eigenvalue weighted by molar-refractivity contribution is 0.0613. The maximum atomic E-state index is 13.1. The van der Waals surface area contributed by atoms with Crippen LogP contribution in [0.25, 0.3) is 0 Å². The highest BCUT2D eigenvalue weighted by Gasteiger charge is 2.42. The van der Waals surface area contributed by atoms with Gasteiger partial charge in [-0.05, 0) is 50.3 Å². The van der Waals surface area contributed by atoms with E-state index >= 15 is 0 Å². The second-order valence-corrected chi connectivity index (χ2v) is 8.33. The van der Waals surface area contributed by atoms with Crippen LogP contribution in [0.15, 0.2) is 22.7 Å². The molecule has 1 amide bonds. The second kappa shape index (κ2) is 8.32. The van der Waals surface area contributed by atoms with Crippen LogP contribution in [-0.2, 0) is 10.2 Å². The molecule has 1 saturated carbocycles. The molecule has 4 rings (SSSR count). The van der Waals surface area contributed by atoms with Crippen molar-refractivity contribution in [3.8, 4) is 5.75 Å². The van der Waals surface area contributed by atoms with Crippen LogP contribution in [0.4, 0.5) is 0 Å². The standard InChI is InChI=1S/C21H26ClN3O4/c1-27-12-9-21(20-23-18(29-24-20)14-3-4-14)7-10-25(11-8-21)19(26)16-6-5-15(22)13-17(16)28-2/h5-6,13-14H,3-4,7-12H2,1-2H3. The van der Waals surface area contributed by atoms with Crippen LogP contribution in [0.2, 0.25) is 5.02 Å². The van der Waals surface area contributed by atoms with Crippen LogP contribution >= 0.6 is 11.6 Å². The Labute approximate surface area is 175 Å². The summed E-state index contributed by atoms with van der Waals surface area (Å²) in [5.41, 5.74) is 0.296. The first-order chi connectivity index (χ1) is 14.1. The highest BCUT2D eigenvalue weighted by Crippen LogP contribution is 2.42. The van der Waals surface area contributed by atoms with Gasteiger partial charge < -0.3 is 18.9 Å². The van der Waals surface area contributed by atoms with Crippen LogP contribution in [0.1, 0.15) is 60.1 Å². The van der Waals surface area contributed by atoms with E-state index in [0.29, 0.717) is 41.9 Å². The fraction of sp³-hybridized carbons (Fsp3) is 0.571. The number of amides is 1. The monoisotopic (exact) mass is 419 g/mol. The molecule has 2 aromatic rings. The van der Waals surface area contributed by atoms with Crippen LogP contribution in [-0.4, -0.2) is 54.9 Å². The Morgan fingerprint density at radius 3 is 2.72 bits per heavy atom. The van der Waals surface area contributed by atoms with Gasteiger partial charge in [-0.15, -0.1) is 0 Å². The van der Waals surface area contributed by atoms with E-state index in [1.54, 1.807) is 32.4 Å². The normalized spacial score (nSPS) is 18.7. The van der Waals surface area contributed by atoms with E-state index in [2.05, 4.69) is 5.16 Å². The lowest BCUT2D eigenvalue weighted by Crippen LogP contribution is -2.46. The molecule has 0 radical (unpaired) electrons. The van der Waals surface area contributed by atoms with Crippen molar-refractivity contribution >= 4 is 17.5 Å². The summed E-state index contributed by atoms with van der Waals surface area (Å²) in [6, 6.07) is 5.10. The van der Waals surface area contributed by atoms with E-state index in [9.17, 15) is 4.79 Å². The van der Waals surface area contributed by atoms with Gasteiger partial charge >= 0.3 is 0 Å². The number of likely N-dealkylation sites (tertiary alicyclic amines) is 1. The number of carbonyl (C=O) groups excluding carboxylic acids is 1. The molecule has 1 aliphatic carbocycles. The van der Waals surface area contributed by atoms with Gasteiger partial charge in [0.2, 0.25) is 5.89 Å². The molecule has 156 valence electrons. The highest BCUT2D eigenvalue weighted by atomic mass is 35.5. The third-order valence-corrected chi connectivity index (χ3v) is 6.26. The Kier molecular flexibility index (Phi) is 5.79. The first-order valence-electron chi connectivity index (χ1n) is 10.0. The number of aromatic nitrogens is 2. The molecule has 1 aromatic carbocycles. The number of nitrogens with zero attached hydrogens (tertiary/aromatic N) is 3. The van der Waals surface area contributed by atoms with Crippen molar-refractivity contribution in [3.63, 3.8) is 0 Å². The molecule has 1 saturated heterocycles. The predicted octanol–water partition coefficient (Wildman–Crippen LogP) is 3.82. The quantitative estimate of drug-likeness (QED) is 0.678. The minimum absolute atomic E-state index is 0.0503. The van der Waals surface area contributed by atoms with Gasteiger partial charge in [-0.2, -0.15) is 4.98 Å². The molecule has 0 unspecified atom stereocenters. The predicted molar refractivity (Wildman–Crippen MR) is 108 cm³/mol. The summed E-state index contributed by atoms with van der Waals surface area (Å²) in [5.74, 6) is 2.38. The van der Waals surface area contributed by atoms with Gasteiger partial charge in [-0.3, -0.25) is 4.79 Å². The van der Waals surface area contributed by atoms with Gasteiger partial charge in [0.1, 0.15) is 5.75 Å². The van der Waals surface area contributed by atoms with Gasteiger partial charge in [0.05, 0.1) is 12.7 Å². The van der Waals surface area contributed by atoms with Gasteiger partial charge in [0.25, 0.3) is 5.91 Å². The number of halogens is 1. The van der Waals surface area contributed by atoms with E-state index in [-0.39, 0.29) is 11.3 Å². The Morgan fingerprint density at radius 2 is 2.07 bits per heavy atom. The molecular formula is C21H26ClN3O4. The molecule has 7 nitrogen and oxygen atoms in total. The number of rotatable bonds is 7. The van der Waals surface area contributed by atoms with E-state index in [1.165, 1.54) is 0 Å². The van der Waals surface area contributed by atoms with Crippen molar-refractivity contribution in [1.29, 1.82) is 0 Å². The molecule has 2 fully saturated rings. The lowest BCUT2D eigenvalue weighted by Gasteiger charge is -2.40. The van der Waals surface area contributed by atoms with Crippen LogP contribution < -0.4 is 4.74 Å². The van der Waals surface area contributed by atoms with Crippen molar-refractivity contribution in [2.45, 2.75) is 43.4 Å². The first kappa shape index (κ1) is 20.2. The van der Waals surface area contributed by atoms with Gasteiger partial charge in [0, 0.05) is 43.2 Å². The summed E-state index contributed by atoms with van der Waals surface area (Å²) in [7, 11) is 3.24. The maximum absolute atomic E-state index is 13.1. The summed E-state index contributed by atoms with van der Waals surface area (Å²) in [6.45, 7) is 1.84. The minimum atomic E-state index is -0.229. The average molecular weight is 420 g/mol. The molecule has 0 atom stereocenters. The molecule has 8 heteroatoms. The Morgan fingerprint density at radius 1 is 1.31 bits per heavy atom. The maximum Gasteiger partial charge on any atom is 0.257 e. The van der Waals surface area contributed by atoms with E-state index in [4.69, 9.17) is 30.6 Å². The summed E-state index contributed by atoms with van der Waals surface area (Å²) in [5, 5.41) is 4.85. The Bertz CT molecular complexity index is 873. The van der Waals surface area contributed by atoms with Crippen LogP contribution in [0, 0.1) is 0 Å².